The largest absolute Gasteiger partial charge is 0.299 e. The third-order valence-electron chi connectivity index (χ3n) is 1.57. The molecule has 0 aromatic heterocycles. The van der Waals surface area contributed by atoms with Crippen molar-refractivity contribution >= 4 is 5.78 Å². The van der Waals surface area contributed by atoms with Gasteiger partial charge in [-0.2, -0.15) is 0 Å². The van der Waals surface area contributed by atoms with Crippen LogP contribution in [-0.2, 0) is 4.79 Å². The Kier molecular flexibility index (Phi) is 8.77. The van der Waals surface area contributed by atoms with Crippen LogP contribution < -0.4 is 0 Å². The van der Waals surface area contributed by atoms with E-state index in [9.17, 15) is 4.79 Å². The quantitative estimate of drug-likeness (QED) is 0.585. The van der Waals surface area contributed by atoms with Crippen molar-refractivity contribution in [3.8, 4) is 0 Å². The van der Waals surface area contributed by atoms with Gasteiger partial charge in [-0.1, -0.05) is 48.6 Å². The lowest BCUT2D eigenvalue weighted by atomic mass is 10.2. The van der Waals surface area contributed by atoms with Crippen LogP contribution in [0.25, 0.3) is 0 Å². The van der Waals surface area contributed by atoms with Gasteiger partial charge in [0.25, 0.3) is 0 Å². The van der Waals surface area contributed by atoms with Crippen molar-refractivity contribution in [2.24, 2.45) is 0 Å². The summed E-state index contributed by atoms with van der Waals surface area (Å²) in [4.78, 5) is 11.2. The Morgan fingerprint density at radius 2 is 1.29 bits per heavy atom. The molecule has 1 heteroatoms. The fourth-order valence-corrected chi connectivity index (χ4v) is 0.862. The van der Waals surface area contributed by atoms with Gasteiger partial charge in [-0.3, -0.25) is 4.79 Å². The summed E-state index contributed by atoms with van der Waals surface area (Å²) in [5.74, 6) is 0.242. The number of rotatable bonds is 6. The monoisotopic (exact) mass is 190 g/mol. The van der Waals surface area contributed by atoms with Crippen LogP contribution in [0.1, 0.15) is 26.7 Å². The molecular formula is C13H18O. The number of hydrogen-bond acceptors (Lipinski definition) is 1. The van der Waals surface area contributed by atoms with Crippen molar-refractivity contribution in [3.63, 3.8) is 0 Å². The van der Waals surface area contributed by atoms with E-state index in [1.54, 1.807) is 0 Å². The van der Waals surface area contributed by atoms with E-state index in [4.69, 9.17) is 0 Å². The molecule has 0 aliphatic heterocycles. The van der Waals surface area contributed by atoms with Gasteiger partial charge in [0.05, 0.1) is 0 Å². The zero-order chi connectivity index (χ0) is 10.6. The van der Waals surface area contributed by atoms with Crippen LogP contribution in [0.3, 0.4) is 0 Å². The molecule has 0 amide bonds. The minimum absolute atomic E-state index is 0.242. The minimum atomic E-state index is 0.242. The minimum Gasteiger partial charge on any atom is -0.299 e. The maximum Gasteiger partial charge on any atom is 0.140 e. The molecule has 0 saturated heterocycles. The normalized spacial score (nSPS) is 12.7. The summed E-state index contributed by atoms with van der Waals surface area (Å²) in [5.41, 5.74) is 0. The smallest absolute Gasteiger partial charge is 0.140 e. The Bertz CT molecular complexity index is 228. The molecule has 0 unspecified atom stereocenters. The Labute approximate surface area is 86.5 Å². The second kappa shape index (κ2) is 9.72. The predicted octanol–water partition coefficient (Wildman–Crippen LogP) is 3.60. The topological polar surface area (TPSA) is 17.1 Å². The van der Waals surface area contributed by atoms with Crippen molar-refractivity contribution in [2.75, 3.05) is 0 Å². The highest BCUT2D eigenvalue weighted by Crippen LogP contribution is 1.94. The summed E-state index contributed by atoms with van der Waals surface area (Å²) in [6.07, 6.45) is 16.3. The van der Waals surface area contributed by atoms with E-state index in [0.717, 1.165) is 0 Å². The van der Waals surface area contributed by atoms with Crippen LogP contribution >= 0.6 is 0 Å². The number of carbonyl (C=O) groups is 1. The van der Waals surface area contributed by atoms with Gasteiger partial charge in [-0.25, -0.2) is 0 Å². The van der Waals surface area contributed by atoms with Gasteiger partial charge >= 0.3 is 0 Å². The van der Waals surface area contributed by atoms with Crippen LogP contribution in [0.5, 0.6) is 0 Å². The van der Waals surface area contributed by atoms with E-state index in [1.165, 1.54) is 0 Å². The molecule has 0 atom stereocenters. The molecule has 0 fully saturated rings. The van der Waals surface area contributed by atoms with Crippen molar-refractivity contribution < 1.29 is 4.79 Å². The average Bonchev–Trinajstić information content (AvgIpc) is 2.19. The maximum absolute atomic E-state index is 11.2. The fourth-order valence-electron chi connectivity index (χ4n) is 0.862. The molecule has 0 rings (SSSR count). The molecular weight excluding hydrogens is 172 g/mol. The first-order valence-electron chi connectivity index (χ1n) is 4.88. The highest BCUT2D eigenvalue weighted by atomic mass is 16.1. The highest BCUT2D eigenvalue weighted by Gasteiger charge is 1.93. The van der Waals surface area contributed by atoms with Crippen molar-refractivity contribution in [1.82, 2.24) is 0 Å². The standard InChI is InChI=1S/C13H18O/c1-3-5-7-9-11-13(14)12-10-8-6-4-2/h3-10H,11-12H2,1-2H3. The van der Waals surface area contributed by atoms with Gasteiger partial charge in [0.2, 0.25) is 0 Å². The van der Waals surface area contributed by atoms with Gasteiger partial charge in [-0.15, -0.1) is 0 Å². The number of ketones is 1. The first-order valence-corrected chi connectivity index (χ1v) is 4.88. The van der Waals surface area contributed by atoms with Crippen LogP contribution in [0, 0.1) is 0 Å². The fraction of sp³-hybridized carbons (Fsp3) is 0.308. The summed E-state index contributed by atoms with van der Waals surface area (Å²) in [5, 5.41) is 0. The number of Topliss-reactive ketones (excluding diaryl/α,β-unsaturated/α-hetero) is 1. The summed E-state index contributed by atoms with van der Waals surface area (Å²) in [6, 6.07) is 0. The maximum atomic E-state index is 11.2. The highest BCUT2D eigenvalue weighted by molar-refractivity contribution is 5.81. The second-order valence-electron chi connectivity index (χ2n) is 2.85. The Hall–Kier alpha value is -1.37. The molecule has 0 aliphatic carbocycles. The molecule has 0 aromatic rings. The second-order valence-corrected chi connectivity index (χ2v) is 2.85. The van der Waals surface area contributed by atoms with Gasteiger partial charge in [0, 0.05) is 12.8 Å². The summed E-state index contributed by atoms with van der Waals surface area (Å²) < 4.78 is 0. The van der Waals surface area contributed by atoms with Crippen LogP contribution in [0.4, 0.5) is 0 Å². The van der Waals surface area contributed by atoms with Gasteiger partial charge < -0.3 is 0 Å². The molecule has 0 heterocycles. The molecule has 76 valence electrons. The van der Waals surface area contributed by atoms with E-state index < -0.39 is 0 Å². The SMILES string of the molecule is CC=CC=CCC(=O)CC=CC=CC. The van der Waals surface area contributed by atoms with E-state index in [0.29, 0.717) is 12.8 Å². The summed E-state index contributed by atoms with van der Waals surface area (Å²) in [6.45, 7) is 3.90. The first kappa shape index (κ1) is 12.6. The van der Waals surface area contributed by atoms with Crippen molar-refractivity contribution in [2.45, 2.75) is 26.7 Å². The van der Waals surface area contributed by atoms with E-state index >= 15 is 0 Å². The molecule has 0 radical (unpaired) electrons. The molecule has 0 saturated carbocycles. The van der Waals surface area contributed by atoms with Crippen molar-refractivity contribution in [1.29, 1.82) is 0 Å². The first-order chi connectivity index (χ1) is 6.81. The van der Waals surface area contributed by atoms with Gasteiger partial charge in [0.15, 0.2) is 0 Å². The van der Waals surface area contributed by atoms with Crippen LogP contribution in [-0.4, -0.2) is 5.78 Å². The van der Waals surface area contributed by atoms with E-state index in [1.807, 2.05) is 62.5 Å². The Morgan fingerprint density at radius 1 is 0.857 bits per heavy atom. The Balaban J connectivity index is 3.65. The molecule has 0 aromatic carbocycles. The van der Waals surface area contributed by atoms with Crippen LogP contribution in [0.2, 0.25) is 0 Å². The summed E-state index contributed by atoms with van der Waals surface area (Å²) in [7, 11) is 0. The van der Waals surface area contributed by atoms with E-state index in [-0.39, 0.29) is 5.78 Å². The average molecular weight is 190 g/mol. The molecule has 1 nitrogen and oxygen atoms in total. The lowest BCUT2D eigenvalue weighted by molar-refractivity contribution is -0.117. The third-order valence-corrected chi connectivity index (χ3v) is 1.57. The molecule has 0 N–H and O–H groups in total. The van der Waals surface area contributed by atoms with Gasteiger partial charge in [0.1, 0.15) is 5.78 Å². The zero-order valence-corrected chi connectivity index (χ0v) is 8.94. The predicted molar refractivity (Wildman–Crippen MR) is 62.1 cm³/mol. The molecule has 14 heavy (non-hydrogen) atoms. The number of hydrogen-bond donors (Lipinski definition) is 0. The lowest BCUT2D eigenvalue weighted by Crippen LogP contribution is -1.91. The zero-order valence-electron chi connectivity index (χ0n) is 8.94. The summed E-state index contributed by atoms with van der Waals surface area (Å²) >= 11 is 0. The third kappa shape index (κ3) is 8.72. The molecule has 0 spiro atoms. The number of carbonyl (C=O) groups excluding carboxylic acids is 1. The number of allylic oxidation sites excluding steroid dienone is 8. The Morgan fingerprint density at radius 3 is 1.64 bits per heavy atom. The molecule has 0 aliphatic rings. The van der Waals surface area contributed by atoms with Gasteiger partial charge in [-0.05, 0) is 13.8 Å². The lowest BCUT2D eigenvalue weighted by Gasteiger charge is -1.88. The van der Waals surface area contributed by atoms with E-state index in [2.05, 4.69) is 0 Å². The van der Waals surface area contributed by atoms with Crippen LogP contribution in [0.15, 0.2) is 48.6 Å². The molecule has 0 bridgehead atoms. The van der Waals surface area contributed by atoms with Crippen molar-refractivity contribution in [3.05, 3.63) is 48.6 Å².